The number of nitrogens with two attached hydrogens (primary N) is 1. The molecule has 1 aliphatic heterocycles. The first kappa shape index (κ1) is 13.9. The number of nitrogens with one attached hydrogen (secondary N) is 1. The van der Waals surface area contributed by atoms with Crippen molar-refractivity contribution in [3.63, 3.8) is 0 Å². The number of hydrogen-bond acceptors (Lipinski definition) is 3. The van der Waals surface area contributed by atoms with Gasteiger partial charge in [0.2, 0.25) is 5.91 Å². The summed E-state index contributed by atoms with van der Waals surface area (Å²) in [6.07, 6.45) is 0.888. The molecule has 0 radical (unpaired) electrons. The van der Waals surface area contributed by atoms with E-state index < -0.39 is 5.82 Å². The van der Waals surface area contributed by atoms with Crippen LogP contribution in [0.5, 0.6) is 0 Å². The summed E-state index contributed by atoms with van der Waals surface area (Å²) >= 11 is 1.77. The quantitative estimate of drug-likeness (QED) is 0.811. The van der Waals surface area contributed by atoms with Gasteiger partial charge in [-0.05, 0) is 30.4 Å². The molecule has 3 N–H and O–H groups in total. The molecule has 19 heavy (non-hydrogen) atoms. The smallest absolute Gasteiger partial charge is 0.228 e. The van der Waals surface area contributed by atoms with Gasteiger partial charge in [-0.25, -0.2) is 4.39 Å². The minimum Gasteiger partial charge on any atom is -0.326 e. The molecule has 1 aliphatic rings. The van der Waals surface area contributed by atoms with Crippen molar-refractivity contribution in [2.75, 3.05) is 23.4 Å². The van der Waals surface area contributed by atoms with Crippen LogP contribution < -0.4 is 11.1 Å². The minimum absolute atomic E-state index is 0.0322. The predicted molar refractivity (Wildman–Crippen MR) is 76.4 cm³/mol. The van der Waals surface area contributed by atoms with Crippen LogP contribution >= 0.6 is 11.8 Å². The summed E-state index contributed by atoms with van der Waals surface area (Å²) in [5.41, 5.74) is 6.00. The summed E-state index contributed by atoms with van der Waals surface area (Å²) in [5, 5.41) is 2.74. The van der Waals surface area contributed by atoms with Crippen LogP contribution in [0.2, 0.25) is 0 Å². The van der Waals surface area contributed by atoms with Gasteiger partial charge in [-0.15, -0.1) is 0 Å². The number of anilines is 1. The van der Waals surface area contributed by atoms with Crippen molar-refractivity contribution < 1.29 is 9.18 Å². The first-order valence-corrected chi connectivity index (χ1v) is 7.23. The van der Waals surface area contributed by atoms with Gasteiger partial charge >= 0.3 is 0 Å². The Balaban J connectivity index is 2.05. The molecule has 0 aliphatic carbocycles. The molecule has 1 unspecified atom stereocenters. The molecule has 0 bridgehead atoms. The van der Waals surface area contributed by atoms with E-state index in [-0.39, 0.29) is 18.4 Å². The molecule has 100 valence electrons. The maximum absolute atomic E-state index is 13.7. The predicted octanol–water partition coefficient (Wildman–Crippen LogP) is 1.83. The van der Waals surface area contributed by atoms with Gasteiger partial charge in [-0.1, -0.05) is 11.8 Å². The standard InChI is InChI=1S/C14H15FN2OS/c15-13-8-12(4-3-10(13)2-1-6-16)17-14(18)11-5-7-19-9-11/h3-4,8,11H,5-7,9,16H2,(H,17,18). The lowest BCUT2D eigenvalue weighted by Crippen LogP contribution is -2.22. The number of carbonyl (C=O) groups excluding carboxylic acids is 1. The van der Waals surface area contributed by atoms with Crippen molar-refractivity contribution in [1.82, 2.24) is 0 Å². The second-order valence-electron chi connectivity index (χ2n) is 4.25. The molecular weight excluding hydrogens is 263 g/mol. The Morgan fingerprint density at radius 1 is 1.58 bits per heavy atom. The highest BCUT2D eigenvalue weighted by molar-refractivity contribution is 7.99. The lowest BCUT2D eigenvalue weighted by molar-refractivity contribution is -0.119. The van der Waals surface area contributed by atoms with Gasteiger partial charge in [0, 0.05) is 17.4 Å². The third-order valence-corrected chi connectivity index (χ3v) is 4.02. The fraction of sp³-hybridized carbons (Fsp3) is 0.357. The van der Waals surface area contributed by atoms with Crippen LogP contribution in [0, 0.1) is 23.6 Å². The third kappa shape index (κ3) is 3.72. The Labute approximate surface area is 116 Å². The van der Waals surface area contributed by atoms with Gasteiger partial charge in [0.05, 0.1) is 12.1 Å². The fourth-order valence-corrected chi connectivity index (χ4v) is 3.05. The Morgan fingerprint density at radius 2 is 2.42 bits per heavy atom. The minimum atomic E-state index is -0.445. The second-order valence-corrected chi connectivity index (χ2v) is 5.40. The van der Waals surface area contributed by atoms with Crippen LogP contribution in [-0.4, -0.2) is 24.0 Å². The van der Waals surface area contributed by atoms with E-state index in [4.69, 9.17) is 5.73 Å². The summed E-state index contributed by atoms with van der Waals surface area (Å²) in [5.74, 6) is 6.65. The molecule has 0 spiro atoms. The highest BCUT2D eigenvalue weighted by Crippen LogP contribution is 2.25. The maximum Gasteiger partial charge on any atom is 0.228 e. The van der Waals surface area contributed by atoms with Gasteiger partial charge in [-0.3, -0.25) is 4.79 Å². The average Bonchev–Trinajstić information content (AvgIpc) is 2.92. The summed E-state index contributed by atoms with van der Waals surface area (Å²) in [7, 11) is 0. The normalized spacial score (nSPS) is 17.7. The summed E-state index contributed by atoms with van der Waals surface area (Å²) < 4.78 is 13.7. The monoisotopic (exact) mass is 278 g/mol. The second kappa shape index (κ2) is 6.60. The number of amides is 1. The molecule has 3 nitrogen and oxygen atoms in total. The van der Waals surface area contributed by atoms with Gasteiger partial charge in [0.25, 0.3) is 0 Å². The van der Waals surface area contributed by atoms with E-state index in [1.807, 2.05) is 0 Å². The summed E-state index contributed by atoms with van der Waals surface area (Å²) in [6, 6.07) is 4.50. The first-order chi connectivity index (χ1) is 9.20. The fourth-order valence-electron chi connectivity index (χ4n) is 1.83. The van der Waals surface area contributed by atoms with Crippen molar-refractivity contribution in [2.45, 2.75) is 6.42 Å². The van der Waals surface area contributed by atoms with Crippen LogP contribution in [0.4, 0.5) is 10.1 Å². The summed E-state index contributed by atoms with van der Waals surface area (Å²) in [6.45, 7) is 0.192. The largest absolute Gasteiger partial charge is 0.326 e. The number of hydrogen-bond donors (Lipinski definition) is 2. The Hall–Kier alpha value is -1.51. The van der Waals surface area contributed by atoms with E-state index in [0.717, 1.165) is 17.9 Å². The molecule has 1 heterocycles. The van der Waals surface area contributed by atoms with Gasteiger partial charge < -0.3 is 11.1 Å². The lowest BCUT2D eigenvalue weighted by Gasteiger charge is -2.10. The zero-order valence-electron chi connectivity index (χ0n) is 10.4. The van der Waals surface area contributed by atoms with E-state index in [1.54, 1.807) is 23.9 Å². The van der Waals surface area contributed by atoms with Crippen molar-refractivity contribution >= 4 is 23.4 Å². The van der Waals surface area contributed by atoms with Crippen molar-refractivity contribution in [2.24, 2.45) is 11.7 Å². The zero-order valence-corrected chi connectivity index (χ0v) is 11.2. The number of halogens is 1. The van der Waals surface area contributed by atoms with E-state index in [1.165, 1.54) is 6.07 Å². The van der Waals surface area contributed by atoms with Crippen LogP contribution in [0.15, 0.2) is 18.2 Å². The molecule has 1 atom stereocenters. The van der Waals surface area contributed by atoms with Gasteiger partial charge in [0.15, 0.2) is 0 Å². The number of carbonyl (C=O) groups is 1. The van der Waals surface area contributed by atoms with Crippen molar-refractivity contribution in [3.8, 4) is 11.8 Å². The lowest BCUT2D eigenvalue weighted by atomic mass is 10.1. The number of rotatable bonds is 2. The maximum atomic E-state index is 13.7. The highest BCUT2D eigenvalue weighted by atomic mass is 32.2. The number of thioether (sulfide) groups is 1. The van der Waals surface area contributed by atoms with Gasteiger partial charge in [-0.2, -0.15) is 11.8 Å². The van der Waals surface area contributed by atoms with E-state index in [0.29, 0.717) is 11.3 Å². The van der Waals surface area contributed by atoms with Crippen molar-refractivity contribution in [3.05, 3.63) is 29.6 Å². The molecule has 5 heteroatoms. The Morgan fingerprint density at radius 3 is 3.05 bits per heavy atom. The molecule has 0 aromatic heterocycles. The first-order valence-electron chi connectivity index (χ1n) is 6.08. The number of benzene rings is 1. The molecule has 1 aromatic rings. The molecule has 1 aromatic carbocycles. The van der Waals surface area contributed by atoms with Crippen LogP contribution in [0.25, 0.3) is 0 Å². The third-order valence-electron chi connectivity index (χ3n) is 2.86. The van der Waals surface area contributed by atoms with E-state index in [2.05, 4.69) is 17.2 Å². The van der Waals surface area contributed by atoms with Crippen LogP contribution in [0.1, 0.15) is 12.0 Å². The molecular formula is C14H15FN2OS. The molecule has 1 fully saturated rings. The molecule has 0 saturated carbocycles. The van der Waals surface area contributed by atoms with Gasteiger partial charge in [0.1, 0.15) is 5.82 Å². The molecule has 1 saturated heterocycles. The highest BCUT2D eigenvalue weighted by Gasteiger charge is 2.23. The van der Waals surface area contributed by atoms with Crippen LogP contribution in [-0.2, 0) is 4.79 Å². The van der Waals surface area contributed by atoms with Crippen LogP contribution in [0.3, 0.4) is 0 Å². The Bertz CT molecular complexity index is 530. The van der Waals surface area contributed by atoms with E-state index in [9.17, 15) is 9.18 Å². The topological polar surface area (TPSA) is 55.1 Å². The average molecular weight is 278 g/mol. The zero-order chi connectivity index (χ0) is 13.7. The summed E-state index contributed by atoms with van der Waals surface area (Å²) in [4.78, 5) is 11.9. The van der Waals surface area contributed by atoms with E-state index >= 15 is 0 Å². The molecule has 1 amide bonds. The molecule has 2 rings (SSSR count). The Kier molecular flexibility index (Phi) is 4.83. The SMILES string of the molecule is NCC#Cc1ccc(NC(=O)C2CCSC2)cc1F. The van der Waals surface area contributed by atoms with Crippen molar-refractivity contribution in [1.29, 1.82) is 0 Å².